The van der Waals surface area contributed by atoms with E-state index in [0.29, 0.717) is 6.42 Å². The molecule has 0 spiro atoms. The molecular weight excluding hydrogens is 330 g/mol. The smallest absolute Gasteiger partial charge is 0.226 e. The van der Waals surface area contributed by atoms with Crippen LogP contribution in [0.1, 0.15) is 24.6 Å². The van der Waals surface area contributed by atoms with Crippen molar-refractivity contribution in [2.45, 2.75) is 33.2 Å². The van der Waals surface area contributed by atoms with Crippen LogP contribution in [0.2, 0.25) is 0 Å². The first-order valence-electron chi connectivity index (χ1n) is 8.49. The highest BCUT2D eigenvalue weighted by atomic mass is 16.5. The van der Waals surface area contributed by atoms with Crippen LogP contribution in [-0.4, -0.2) is 34.2 Å². The fourth-order valence-corrected chi connectivity index (χ4v) is 2.93. The van der Waals surface area contributed by atoms with Gasteiger partial charge in [-0.2, -0.15) is 5.10 Å². The molecule has 3 N–H and O–H groups in total. The number of hydrogen-bond donors (Lipinski definition) is 3. The van der Waals surface area contributed by atoms with E-state index >= 15 is 0 Å². The Morgan fingerprint density at radius 3 is 2.69 bits per heavy atom. The Hall–Kier alpha value is -3.09. The topological polar surface area (TPSA) is 91.9 Å². The van der Waals surface area contributed by atoms with Gasteiger partial charge in [0.1, 0.15) is 5.75 Å². The predicted octanol–water partition coefficient (Wildman–Crippen LogP) is 3.41. The van der Waals surface area contributed by atoms with Gasteiger partial charge in [0.2, 0.25) is 5.91 Å². The third-order valence-electron chi connectivity index (χ3n) is 4.10. The summed E-state index contributed by atoms with van der Waals surface area (Å²) in [5, 5.41) is 14.4. The molecule has 7 nitrogen and oxygen atoms in total. The number of pyridine rings is 1. The van der Waals surface area contributed by atoms with Crippen LogP contribution < -0.4 is 15.4 Å². The number of benzene rings is 1. The number of anilines is 2. The van der Waals surface area contributed by atoms with E-state index in [9.17, 15) is 4.79 Å². The summed E-state index contributed by atoms with van der Waals surface area (Å²) in [7, 11) is 1.61. The first kappa shape index (κ1) is 17.7. The maximum atomic E-state index is 12.3. The van der Waals surface area contributed by atoms with Crippen molar-refractivity contribution < 1.29 is 9.53 Å². The average molecular weight is 353 g/mol. The molecule has 0 bridgehead atoms. The zero-order valence-corrected chi connectivity index (χ0v) is 15.4. The van der Waals surface area contributed by atoms with E-state index in [1.807, 2.05) is 51.1 Å². The number of aromatic nitrogens is 3. The highest BCUT2D eigenvalue weighted by molar-refractivity contribution is 5.92. The zero-order chi connectivity index (χ0) is 18.7. The lowest BCUT2D eigenvalue weighted by Crippen LogP contribution is -2.24. The Balaban J connectivity index is 1.63. The van der Waals surface area contributed by atoms with Crippen LogP contribution in [0.5, 0.6) is 5.75 Å². The minimum atomic E-state index is -0.0829. The highest BCUT2D eigenvalue weighted by Crippen LogP contribution is 2.24. The highest BCUT2D eigenvalue weighted by Gasteiger charge is 2.15. The summed E-state index contributed by atoms with van der Waals surface area (Å²) in [5.74, 6) is 1.40. The molecule has 0 aliphatic heterocycles. The first-order chi connectivity index (χ1) is 12.5. The van der Waals surface area contributed by atoms with Gasteiger partial charge in [0.25, 0.3) is 0 Å². The molecule has 1 amide bonds. The van der Waals surface area contributed by atoms with Crippen molar-refractivity contribution >= 4 is 28.4 Å². The third kappa shape index (κ3) is 3.93. The molecule has 1 unspecified atom stereocenters. The van der Waals surface area contributed by atoms with Gasteiger partial charge in [0.15, 0.2) is 11.5 Å². The van der Waals surface area contributed by atoms with E-state index in [1.54, 1.807) is 7.11 Å². The first-order valence-corrected chi connectivity index (χ1v) is 8.49. The molecule has 0 aliphatic rings. The Morgan fingerprint density at radius 2 is 2.00 bits per heavy atom. The molecule has 0 aliphatic carbocycles. The van der Waals surface area contributed by atoms with Crippen molar-refractivity contribution in [1.82, 2.24) is 15.2 Å². The van der Waals surface area contributed by atoms with Crippen molar-refractivity contribution in [3.05, 3.63) is 41.6 Å². The largest absolute Gasteiger partial charge is 0.497 e. The van der Waals surface area contributed by atoms with Crippen molar-refractivity contribution in [2.24, 2.45) is 0 Å². The number of nitrogens with zero attached hydrogens (tertiary/aromatic N) is 2. The average Bonchev–Trinajstić information content (AvgIpc) is 2.98. The van der Waals surface area contributed by atoms with E-state index in [4.69, 9.17) is 4.74 Å². The number of ether oxygens (including phenoxy) is 1. The lowest BCUT2D eigenvalue weighted by atomic mass is 10.1. The molecule has 1 aromatic carbocycles. The number of aromatic amines is 1. The molecular formula is C19H23N5O2. The molecule has 0 saturated heterocycles. The second-order valence-electron chi connectivity index (χ2n) is 6.40. The maximum absolute atomic E-state index is 12.3. The number of aryl methyl sites for hydroxylation is 2. The number of rotatable bonds is 6. The zero-order valence-electron chi connectivity index (χ0n) is 15.4. The lowest BCUT2D eigenvalue weighted by Gasteiger charge is -2.14. The molecule has 7 heteroatoms. The van der Waals surface area contributed by atoms with E-state index in [1.165, 1.54) is 0 Å². The second-order valence-corrected chi connectivity index (χ2v) is 6.40. The number of hydrogen-bond acceptors (Lipinski definition) is 5. The number of nitrogens with one attached hydrogen (secondary N) is 3. The van der Waals surface area contributed by atoms with Crippen LogP contribution in [0, 0.1) is 13.8 Å². The third-order valence-corrected chi connectivity index (χ3v) is 4.10. The number of methoxy groups -OCH3 is 1. The Morgan fingerprint density at radius 1 is 1.27 bits per heavy atom. The monoisotopic (exact) mass is 353 g/mol. The fraction of sp³-hybridized carbons (Fsp3) is 0.316. The van der Waals surface area contributed by atoms with E-state index in [-0.39, 0.29) is 11.9 Å². The van der Waals surface area contributed by atoms with Crippen molar-refractivity contribution in [3.8, 4) is 5.75 Å². The Bertz CT molecular complexity index is 918. The number of carbonyl (C=O) groups excluding carboxylic acids is 1. The SMILES string of the molecule is COc1ccc(NC(=O)CC(C)Nc2n[nH]c3nc(C)cc(C)c23)cc1. The minimum Gasteiger partial charge on any atom is -0.497 e. The predicted molar refractivity (Wildman–Crippen MR) is 103 cm³/mol. The van der Waals surface area contributed by atoms with Gasteiger partial charge in [0.05, 0.1) is 12.5 Å². The minimum absolute atomic E-state index is 0.0688. The summed E-state index contributed by atoms with van der Waals surface area (Å²) in [5.41, 5.74) is 3.53. The number of carbonyl (C=O) groups is 1. The number of fused-ring (bicyclic) bond motifs is 1. The van der Waals surface area contributed by atoms with Crippen LogP contribution in [0.25, 0.3) is 11.0 Å². The summed E-state index contributed by atoms with van der Waals surface area (Å²) in [6.45, 7) is 5.93. The van der Waals surface area contributed by atoms with Crippen LogP contribution in [0.4, 0.5) is 11.5 Å². The molecule has 1 atom stereocenters. The van der Waals surface area contributed by atoms with Crippen LogP contribution in [-0.2, 0) is 4.79 Å². The molecule has 3 aromatic rings. The molecule has 2 aromatic heterocycles. The van der Waals surface area contributed by atoms with E-state index < -0.39 is 0 Å². The molecule has 2 heterocycles. The second kappa shape index (κ2) is 7.43. The maximum Gasteiger partial charge on any atom is 0.226 e. The van der Waals surface area contributed by atoms with Crippen LogP contribution in [0.15, 0.2) is 30.3 Å². The van der Waals surface area contributed by atoms with Crippen molar-refractivity contribution in [2.75, 3.05) is 17.7 Å². The molecule has 0 radical (unpaired) electrons. The Labute approximate surface area is 152 Å². The van der Waals surface area contributed by atoms with Crippen LogP contribution in [0.3, 0.4) is 0 Å². The normalized spacial score (nSPS) is 12.0. The molecule has 0 saturated carbocycles. The molecule has 0 fully saturated rings. The van der Waals surface area contributed by atoms with Gasteiger partial charge in [-0.25, -0.2) is 4.98 Å². The van der Waals surface area contributed by atoms with Gasteiger partial charge >= 0.3 is 0 Å². The van der Waals surface area contributed by atoms with Gasteiger partial charge in [-0.05, 0) is 56.7 Å². The summed E-state index contributed by atoms with van der Waals surface area (Å²) in [6.07, 6.45) is 0.318. The van der Waals surface area contributed by atoms with Gasteiger partial charge in [-0.3, -0.25) is 9.89 Å². The van der Waals surface area contributed by atoms with Gasteiger partial charge in [-0.15, -0.1) is 0 Å². The summed E-state index contributed by atoms with van der Waals surface area (Å²) in [6, 6.07) is 9.18. The Kier molecular flexibility index (Phi) is 5.06. The van der Waals surface area contributed by atoms with E-state index in [2.05, 4.69) is 25.8 Å². The summed E-state index contributed by atoms with van der Waals surface area (Å²) in [4.78, 5) is 16.7. The van der Waals surface area contributed by atoms with Gasteiger partial charge < -0.3 is 15.4 Å². The van der Waals surface area contributed by atoms with Gasteiger partial charge in [-0.1, -0.05) is 0 Å². The van der Waals surface area contributed by atoms with Crippen LogP contribution >= 0.6 is 0 Å². The standard InChI is InChI=1S/C19H23N5O2/c1-11-9-12(2)20-18-17(11)19(24-23-18)21-13(3)10-16(25)22-14-5-7-15(26-4)8-6-14/h5-9,13H,10H2,1-4H3,(H,22,25)(H2,20,21,23,24). The fourth-order valence-electron chi connectivity index (χ4n) is 2.93. The van der Waals surface area contributed by atoms with E-state index in [0.717, 1.165) is 39.5 Å². The number of amides is 1. The van der Waals surface area contributed by atoms with Crippen molar-refractivity contribution in [3.63, 3.8) is 0 Å². The summed E-state index contributed by atoms with van der Waals surface area (Å²) >= 11 is 0. The molecule has 136 valence electrons. The number of H-pyrrole nitrogens is 1. The van der Waals surface area contributed by atoms with Gasteiger partial charge in [0, 0.05) is 23.8 Å². The summed E-state index contributed by atoms with van der Waals surface area (Å²) < 4.78 is 5.11. The lowest BCUT2D eigenvalue weighted by molar-refractivity contribution is -0.116. The molecule has 3 rings (SSSR count). The quantitative estimate of drug-likeness (QED) is 0.631. The molecule has 26 heavy (non-hydrogen) atoms. The van der Waals surface area contributed by atoms with Crippen molar-refractivity contribution in [1.29, 1.82) is 0 Å².